The number of rotatable bonds is 7. The van der Waals surface area contributed by atoms with E-state index in [-0.39, 0.29) is 0 Å². The molecule has 0 radical (unpaired) electrons. The molecular formula is C17H28NO3+. The Kier molecular flexibility index (Phi) is 6.33. The fraction of sp³-hybridized carbons (Fsp3) is 0.647. The van der Waals surface area contributed by atoms with Crippen LogP contribution < -0.4 is 14.4 Å². The molecule has 1 heterocycles. The van der Waals surface area contributed by atoms with E-state index in [2.05, 4.69) is 20.8 Å². The molecule has 1 aliphatic heterocycles. The second kappa shape index (κ2) is 8.25. The SMILES string of the molecule is CCCOc1ccccc1OCC[NH+]1C[C@@H](C)O[C@H](C)C1. The maximum absolute atomic E-state index is 5.92. The number of morpholine rings is 1. The van der Waals surface area contributed by atoms with Crippen molar-refractivity contribution in [3.8, 4) is 11.5 Å². The Morgan fingerprint density at radius 3 is 2.19 bits per heavy atom. The molecule has 2 atom stereocenters. The van der Waals surface area contributed by atoms with Crippen LogP contribution in [-0.4, -0.2) is 45.1 Å². The zero-order valence-corrected chi connectivity index (χ0v) is 13.4. The zero-order valence-electron chi connectivity index (χ0n) is 13.4. The average Bonchev–Trinajstić information content (AvgIpc) is 2.45. The minimum atomic E-state index is 0.337. The summed E-state index contributed by atoms with van der Waals surface area (Å²) in [7, 11) is 0. The molecule has 0 unspecified atom stereocenters. The first kappa shape index (κ1) is 16.1. The van der Waals surface area contributed by atoms with Gasteiger partial charge in [0, 0.05) is 0 Å². The first-order valence-corrected chi connectivity index (χ1v) is 8.02. The normalized spacial score (nSPS) is 25.6. The summed E-state index contributed by atoms with van der Waals surface area (Å²) in [6.07, 6.45) is 1.68. The Labute approximate surface area is 128 Å². The molecule has 0 aromatic heterocycles. The lowest BCUT2D eigenvalue weighted by atomic mass is 10.2. The maximum Gasteiger partial charge on any atom is 0.161 e. The van der Waals surface area contributed by atoms with Crippen LogP contribution in [0, 0.1) is 0 Å². The first-order valence-electron chi connectivity index (χ1n) is 8.02. The van der Waals surface area contributed by atoms with Crippen molar-refractivity contribution in [3.05, 3.63) is 24.3 Å². The number of ether oxygens (including phenoxy) is 3. The monoisotopic (exact) mass is 294 g/mol. The Morgan fingerprint density at radius 1 is 1.05 bits per heavy atom. The van der Waals surface area contributed by atoms with Gasteiger partial charge in [-0.2, -0.15) is 0 Å². The van der Waals surface area contributed by atoms with Gasteiger partial charge in [-0.1, -0.05) is 19.1 Å². The van der Waals surface area contributed by atoms with Crippen molar-refractivity contribution in [2.45, 2.75) is 39.4 Å². The summed E-state index contributed by atoms with van der Waals surface area (Å²) in [6.45, 7) is 10.9. The van der Waals surface area contributed by atoms with Crippen molar-refractivity contribution in [3.63, 3.8) is 0 Å². The molecule has 1 fully saturated rings. The van der Waals surface area contributed by atoms with E-state index >= 15 is 0 Å². The van der Waals surface area contributed by atoms with E-state index in [1.54, 1.807) is 4.90 Å². The Morgan fingerprint density at radius 2 is 1.62 bits per heavy atom. The number of benzene rings is 1. The molecule has 21 heavy (non-hydrogen) atoms. The number of quaternary nitrogens is 1. The number of para-hydroxylation sites is 2. The van der Waals surface area contributed by atoms with Crippen molar-refractivity contribution < 1.29 is 19.1 Å². The summed E-state index contributed by atoms with van der Waals surface area (Å²) < 4.78 is 17.4. The number of hydrogen-bond acceptors (Lipinski definition) is 3. The van der Waals surface area contributed by atoms with Crippen molar-refractivity contribution in [2.24, 2.45) is 0 Å². The predicted octanol–water partition coefficient (Wildman–Crippen LogP) is 1.55. The van der Waals surface area contributed by atoms with Crippen molar-refractivity contribution in [2.75, 3.05) is 32.8 Å². The Balaban J connectivity index is 1.80. The third-order valence-electron chi connectivity index (χ3n) is 3.64. The van der Waals surface area contributed by atoms with Crippen molar-refractivity contribution >= 4 is 0 Å². The molecule has 1 saturated heterocycles. The Bertz CT molecular complexity index is 414. The van der Waals surface area contributed by atoms with Gasteiger partial charge in [0.2, 0.25) is 0 Å². The summed E-state index contributed by atoms with van der Waals surface area (Å²) in [5, 5.41) is 0. The quantitative estimate of drug-likeness (QED) is 0.828. The minimum Gasteiger partial charge on any atom is -0.490 e. The summed E-state index contributed by atoms with van der Waals surface area (Å²) in [4.78, 5) is 1.55. The lowest BCUT2D eigenvalue weighted by Gasteiger charge is -2.32. The lowest BCUT2D eigenvalue weighted by Crippen LogP contribution is -3.16. The number of hydrogen-bond donors (Lipinski definition) is 1. The van der Waals surface area contributed by atoms with Gasteiger partial charge in [0.1, 0.15) is 38.4 Å². The molecule has 4 heteroatoms. The summed E-state index contributed by atoms with van der Waals surface area (Å²) in [5.41, 5.74) is 0. The lowest BCUT2D eigenvalue weighted by molar-refractivity contribution is -0.915. The van der Waals surface area contributed by atoms with Gasteiger partial charge in [0.15, 0.2) is 11.5 Å². The highest BCUT2D eigenvalue weighted by molar-refractivity contribution is 5.39. The smallest absolute Gasteiger partial charge is 0.161 e. The molecule has 0 aliphatic carbocycles. The van der Waals surface area contributed by atoms with Gasteiger partial charge < -0.3 is 19.1 Å². The van der Waals surface area contributed by atoms with Gasteiger partial charge in [-0.25, -0.2) is 0 Å². The van der Waals surface area contributed by atoms with Gasteiger partial charge in [-0.3, -0.25) is 0 Å². The van der Waals surface area contributed by atoms with E-state index in [0.717, 1.165) is 44.2 Å². The minimum absolute atomic E-state index is 0.337. The third-order valence-corrected chi connectivity index (χ3v) is 3.64. The molecule has 2 rings (SSSR count). The van der Waals surface area contributed by atoms with Crippen molar-refractivity contribution in [1.82, 2.24) is 0 Å². The average molecular weight is 294 g/mol. The first-order chi connectivity index (χ1) is 10.2. The van der Waals surface area contributed by atoms with Crippen LogP contribution >= 0.6 is 0 Å². The van der Waals surface area contributed by atoms with Gasteiger partial charge in [0.05, 0.1) is 6.61 Å². The van der Waals surface area contributed by atoms with Crippen LogP contribution in [0.2, 0.25) is 0 Å². The molecule has 4 nitrogen and oxygen atoms in total. The summed E-state index contributed by atoms with van der Waals surface area (Å²) in [5.74, 6) is 1.69. The molecule has 1 aromatic carbocycles. The molecule has 118 valence electrons. The van der Waals surface area contributed by atoms with E-state index in [9.17, 15) is 0 Å². The standard InChI is InChI=1S/C17H27NO3/c1-4-10-19-16-7-5-6-8-17(16)20-11-9-18-12-14(2)21-15(3)13-18/h5-8,14-15H,4,9-13H2,1-3H3/p+1/t14-,15-/m1/s1. The van der Waals surface area contributed by atoms with E-state index in [4.69, 9.17) is 14.2 Å². The van der Waals surface area contributed by atoms with Crippen LogP contribution in [0.5, 0.6) is 11.5 Å². The largest absolute Gasteiger partial charge is 0.490 e. The highest BCUT2D eigenvalue weighted by Crippen LogP contribution is 2.26. The topological polar surface area (TPSA) is 32.1 Å². The van der Waals surface area contributed by atoms with E-state index in [0.29, 0.717) is 18.8 Å². The summed E-state index contributed by atoms with van der Waals surface area (Å²) >= 11 is 0. The molecule has 0 saturated carbocycles. The van der Waals surface area contributed by atoms with Gasteiger partial charge in [-0.15, -0.1) is 0 Å². The van der Waals surface area contributed by atoms with E-state index in [1.165, 1.54) is 0 Å². The molecular weight excluding hydrogens is 266 g/mol. The third kappa shape index (κ3) is 5.21. The molecule has 1 N–H and O–H groups in total. The second-order valence-electron chi connectivity index (χ2n) is 5.81. The maximum atomic E-state index is 5.92. The van der Waals surface area contributed by atoms with Gasteiger partial charge in [-0.05, 0) is 32.4 Å². The molecule has 0 amide bonds. The van der Waals surface area contributed by atoms with E-state index in [1.807, 2.05) is 24.3 Å². The fourth-order valence-electron chi connectivity index (χ4n) is 2.80. The zero-order chi connectivity index (χ0) is 15.1. The van der Waals surface area contributed by atoms with Crippen LogP contribution in [-0.2, 0) is 4.74 Å². The highest BCUT2D eigenvalue weighted by atomic mass is 16.5. The van der Waals surface area contributed by atoms with Crippen LogP contribution in [0.1, 0.15) is 27.2 Å². The van der Waals surface area contributed by atoms with Crippen LogP contribution in [0.4, 0.5) is 0 Å². The predicted molar refractivity (Wildman–Crippen MR) is 83.3 cm³/mol. The van der Waals surface area contributed by atoms with Crippen molar-refractivity contribution in [1.29, 1.82) is 0 Å². The Hall–Kier alpha value is -1.26. The van der Waals surface area contributed by atoms with Crippen LogP contribution in [0.3, 0.4) is 0 Å². The number of nitrogens with one attached hydrogen (secondary N) is 1. The molecule has 0 spiro atoms. The fourth-order valence-corrected chi connectivity index (χ4v) is 2.80. The second-order valence-corrected chi connectivity index (χ2v) is 5.81. The molecule has 1 aliphatic rings. The van der Waals surface area contributed by atoms with Crippen LogP contribution in [0.15, 0.2) is 24.3 Å². The highest BCUT2D eigenvalue weighted by Gasteiger charge is 2.25. The summed E-state index contributed by atoms with van der Waals surface area (Å²) in [6, 6.07) is 7.91. The molecule has 0 bridgehead atoms. The van der Waals surface area contributed by atoms with Gasteiger partial charge in [0.25, 0.3) is 0 Å². The van der Waals surface area contributed by atoms with Gasteiger partial charge >= 0.3 is 0 Å². The molecule has 1 aromatic rings. The van der Waals surface area contributed by atoms with Crippen LogP contribution in [0.25, 0.3) is 0 Å². The van der Waals surface area contributed by atoms with E-state index < -0.39 is 0 Å².